The maximum Gasteiger partial charge on any atom is 0.338 e. The molecule has 132 valence electrons. The van der Waals surface area contributed by atoms with Crippen LogP contribution in [0.25, 0.3) is 10.6 Å². The normalized spacial score (nSPS) is 10.4. The van der Waals surface area contributed by atoms with Gasteiger partial charge in [-0.2, -0.15) is 0 Å². The quantitative estimate of drug-likeness (QED) is 0.358. The molecule has 0 radical (unpaired) electrons. The lowest BCUT2D eigenvalue weighted by Crippen LogP contribution is -2.04. The van der Waals surface area contributed by atoms with Gasteiger partial charge in [0.05, 0.1) is 28.1 Å². The van der Waals surface area contributed by atoms with Gasteiger partial charge in [-0.3, -0.25) is 4.79 Å². The molecule has 6 nitrogen and oxygen atoms in total. The smallest absolute Gasteiger partial charge is 0.338 e. The Morgan fingerprint density at radius 2 is 1.92 bits per heavy atom. The topological polar surface area (TPSA) is 81.2 Å². The minimum atomic E-state index is -0.451. The zero-order valence-electron chi connectivity index (χ0n) is 13.9. The van der Waals surface area contributed by atoms with Gasteiger partial charge in [0, 0.05) is 0 Å². The zero-order chi connectivity index (χ0) is 18.7. The van der Waals surface area contributed by atoms with Gasteiger partial charge in [-0.25, -0.2) is 14.8 Å². The summed E-state index contributed by atoms with van der Waals surface area (Å²) in [6.07, 6.45) is 0. The van der Waals surface area contributed by atoms with Crippen LogP contribution in [-0.4, -0.2) is 28.8 Å². The second-order valence-corrected chi connectivity index (χ2v) is 7.20. The first-order chi connectivity index (χ1) is 12.5. The Kier molecular flexibility index (Phi) is 5.43. The number of pyridine rings is 2. The monoisotopic (exact) mass is 431 g/mol. The van der Waals surface area contributed by atoms with Gasteiger partial charge < -0.3 is 10.1 Å². The summed E-state index contributed by atoms with van der Waals surface area (Å²) in [5.74, 6) is 0.610. The second kappa shape index (κ2) is 7.76. The first-order valence-electron chi connectivity index (χ1n) is 7.57. The molecule has 0 bridgehead atoms. The molecule has 3 heterocycles. The van der Waals surface area contributed by atoms with Gasteiger partial charge in [0.25, 0.3) is 0 Å². The maximum atomic E-state index is 11.7. The number of hydrogen-bond acceptors (Lipinski definition) is 7. The van der Waals surface area contributed by atoms with Crippen LogP contribution >= 0.6 is 27.3 Å². The number of nitrogens with one attached hydrogen (secondary N) is 1. The van der Waals surface area contributed by atoms with E-state index in [4.69, 9.17) is 4.74 Å². The third-order valence-electron chi connectivity index (χ3n) is 3.43. The predicted octanol–water partition coefficient (Wildman–Crippen LogP) is 4.70. The van der Waals surface area contributed by atoms with E-state index in [-0.39, 0.29) is 5.78 Å². The largest absolute Gasteiger partial charge is 0.465 e. The third-order valence-corrected chi connectivity index (χ3v) is 5.04. The lowest BCUT2D eigenvalue weighted by Gasteiger charge is -2.08. The van der Waals surface area contributed by atoms with Crippen LogP contribution in [0.1, 0.15) is 27.0 Å². The number of rotatable bonds is 5. The minimum Gasteiger partial charge on any atom is -0.465 e. The van der Waals surface area contributed by atoms with Crippen LogP contribution in [0.3, 0.4) is 0 Å². The number of halogens is 1. The molecule has 3 aromatic rings. The van der Waals surface area contributed by atoms with Crippen LogP contribution in [0.2, 0.25) is 0 Å². The molecule has 0 aliphatic heterocycles. The molecule has 3 aromatic heterocycles. The number of anilines is 2. The van der Waals surface area contributed by atoms with Gasteiger partial charge in [-0.1, -0.05) is 6.07 Å². The summed E-state index contributed by atoms with van der Waals surface area (Å²) in [6, 6.07) is 12.4. The highest BCUT2D eigenvalue weighted by Gasteiger charge is 2.11. The Labute approximate surface area is 162 Å². The summed E-state index contributed by atoms with van der Waals surface area (Å²) in [6.45, 7) is 1.54. The number of esters is 1. The second-order valence-electron chi connectivity index (χ2n) is 5.31. The number of nitrogens with zero attached hydrogens (tertiary/aromatic N) is 2. The molecule has 8 heteroatoms. The first-order valence-corrected chi connectivity index (χ1v) is 9.18. The van der Waals surface area contributed by atoms with Gasteiger partial charge in [0.1, 0.15) is 16.2 Å². The van der Waals surface area contributed by atoms with E-state index in [1.807, 2.05) is 18.2 Å². The molecule has 0 aliphatic rings. The van der Waals surface area contributed by atoms with Gasteiger partial charge in [-0.05, 0) is 59.3 Å². The van der Waals surface area contributed by atoms with Crippen molar-refractivity contribution in [1.82, 2.24) is 9.97 Å². The molecule has 0 aliphatic carbocycles. The molecule has 0 saturated heterocycles. The highest BCUT2D eigenvalue weighted by molar-refractivity contribution is 9.10. The molecule has 0 atom stereocenters. The van der Waals surface area contributed by atoms with Crippen LogP contribution in [0.4, 0.5) is 11.6 Å². The highest BCUT2D eigenvalue weighted by Crippen LogP contribution is 2.28. The maximum absolute atomic E-state index is 11.7. The highest BCUT2D eigenvalue weighted by atomic mass is 79.9. The molecular weight excluding hydrogens is 418 g/mol. The Bertz CT molecular complexity index is 987. The summed E-state index contributed by atoms with van der Waals surface area (Å²) in [5.41, 5.74) is 1.12. The molecule has 1 N–H and O–H groups in total. The summed E-state index contributed by atoms with van der Waals surface area (Å²) in [4.78, 5) is 33.6. The first kappa shape index (κ1) is 18.2. The van der Waals surface area contributed by atoms with E-state index in [0.717, 1.165) is 10.6 Å². The Balaban J connectivity index is 1.88. The number of ketones is 1. The molecule has 3 rings (SSSR count). The van der Waals surface area contributed by atoms with Crippen molar-refractivity contribution in [3.05, 3.63) is 57.5 Å². The average molecular weight is 432 g/mol. The Morgan fingerprint density at radius 3 is 2.62 bits per heavy atom. The van der Waals surface area contributed by atoms with Gasteiger partial charge in [-0.15, -0.1) is 11.3 Å². The van der Waals surface area contributed by atoms with Crippen LogP contribution < -0.4 is 5.32 Å². The number of hydrogen-bond donors (Lipinski definition) is 1. The average Bonchev–Trinajstić information content (AvgIpc) is 3.11. The fourth-order valence-electron chi connectivity index (χ4n) is 2.23. The molecular formula is C18H14BrN3O3S. The third kappa shape index (κ3) is 4.14. The fraction of sp³-hybridized carbons (Fsp3) is 0.111. The summed E-state index contributed by atoms with van der Waals surface area (Å²) < 4.78 is 5.24. The zero-order valence-corrected chi connectivity index (χ0v) is 16.3. The standard InChI is InChI=1S/C18H14BrN3O3S/c1-10(23)13-6-7-14(26-13)12-4-3-5-16(20-12)22-17-9-11(18(24)25-2)8-15(19)21-17/h3-9H,1-2H3,(H,20,21,22). The Morgan fingerprint density at radius 1 is 1.12 bits per heavy atom. The van der Waals surface area contributed by atoms with Crippen molar-refractivity contribution in [3.63, 3.8) is 0 Å². The minimum absolute atomic E-state index is 0.0317. The summed E-state index contributed by atoms with van der Waals surface area (Å²) >= 11 is 4.68. The summed E-state index contributed by atoms with van der Waals surface area (Å²) in [5, 5.41) is 3.08. The van der Waals surface area contributed by atoms with Gasteiger partial charge >= 0.3 is 5.97 Å². The van der Waals surface area contributed by atoms with Crippen molar-refractivity contribution in [3.8, 4) is 10.6 Å². The van der Waals surface area contributed by atoms with Crippen LogP contribution in [0.15, 0.2) is 47.1 Å². The van der Waals surface area contributed by atoms with E-state index in [9.17, 15) is 9.59 Å². The van der Waals surface area contributed by atoms with Crippen LogP contribution in [0, 0.1) is 0 Å². The number of ether oxygens (including phenoxy) is 1. The van der Waals surface area contributed by atoms with Crippen molar-refractivity contribution in [1.29, 1.82) is 0 Å². The van der Waals surface area contributed by atoms with E-state index < -0.39 is 5.97 Å². The molecule has 0 spiro atoms. The van der Waals surface area contributed by atoms with Crippen molar-refractivity contribution < 1.29 is 14.3 Å². The van der Waals surface area contributed by atoms with Crippen molar-refractivity contribution >= 4 is 50.7 Å². The van der Waals surface area contributed by atoms with E-state index in [2.05, 4.69) is 31.2 Å². The van der Waals surface area contributed by atoms with Crippen molar-refractivity contribution in [2.24, 2.45) is 0 Å². The number of carbonyl (C=O) groups is 2. The molecule has 26 heavy (non-hydrogen) atoms. The number of methoxy groups -OCH3 is 1. The number of carbonyl (C=O) groups excluding carboxylic acids is 2. The van der Waals surface area contributed by atoms with Crippen molar-refractivity contribution in [2.75, 3.05) is 12.4 Å². The fourth-order valence-corrected chi connectivity index (χ4v) is 3.54. The molecule has 0 unspecified atom stereocenters. The van der Waals surface area contributed by atoms with E-state index in [1.165, 1.54) is 18.4 Å². The van der Waals surface area contributed by atoms with Crippen molar-refractivity contribution in [2.45, 2.75) is 6.92 Å². The predicted molar refractivity (Wildman–Crippen MR) is 104 cm³/mol. The van der Waals surface area contributed by atoms with Gasteiger partial charge in [0.15, 0.2) is 5.78 Å². The Hall–Kier alpha value is -2.58. The molecule has 0 fully saturated rings. The number of aromatic nitrogens is 2. The van der Waals surface area contributed by atoms with E-state index in [0.29, 0.717) is 26.7 Å². The SMILES string of the molecule is COC(=O)c1cc(Br)nc(Nc2cccc(-c3ccc(C(C)=O)s3)n2)c1. The van der Waals surface area contributed by atoms with Crippen LogP contribution in [-0.2, 0) is 4.74 Å². The lowest BCUT2D eigenvalue weighted by molar-refractivity contribution is 0.0600. The number of thiophene rings is 1. The lowest BCUT2D eigenvalue weighted by atomic mass is 10.2. The molecule has 0 saturated carbocycles. The molecule has 0 amide bonds. The van der Waals surface area contributed by atoms with E-state index in [1.54, 1.807) is 31.2 Å². The molecule has 0 aromatic carbocycles. The summed E-state index contributed by atoms with van der Waals surface area (Å²) in [7, 11) is 1.32. The van der Waals surface area contributed by atoms with Gasteiger partial charge in [0.2, 0.25) is 0 Å². The van der Waals surface area contributed by atoms with E-state index >= 15 is 0 Å². The number of Topliss-reactive ketones (excluding diaryl/α,β-unsaturated/α-hetero) is 1. The van der Waals surface area contributed by atoms with Crippen LogP contribution in [0.5, 0.6) is 0 Å².